The first-order valence-electron chi connectivity index (χ1n) is 6.15. The summed E-state index contributed by atoms with van der Waals surface area (Å²) >= 11 is 0. The molecule has 0 aromatic heterocycles. The average molecular weight is 249 g/mol. The number of aromatic hydroxyl groups is 1. The quantitative estimate of drug-likeness (QED) is 0.747. The number of hydrogen-bond donors (Lipinski definition) is 2. The Morgan fingerprint density at radius 1 is 1.44 bits per heavy atom. The topological polar surface area (TPSA) is 58.6 Å². The molecule has 2 rings (SSSR count). The first kappa shape index (κ1) is 12.9. The zero-order valence-electron chi connectivity index (χ0n) is 11.0. The summed E-state index contributed by atoms with van der Waals surface area (Å²) in [5.41, 5.74) is 1.39. The van der Waals surface area contributed by atoms with Gasteiger partial charge in [-0.1, -0.05) is 6.07 Å². The molecule has 1 aromatic rings. The molecule has 1 unspecified atom stereocenters. The summed E-state index contributed by atoms with van der Waals surface area (Å²) in [7, 11) is 0. The number of ether oxygens (including phenoxy) is 1. The largest absolute Gasteiger partial charge is 0.508 e. The molecular formula is C14H19NO3. The number of carbonyl (C=O) groups excluding carboxylic acids is 1. The number of hydrogen-bond acceptors (Lipinski definition) is 4. The molecule has 1 aliphatic rings. The van der Waals surface area contributed by atoms with E-state index >= 15 is 0 Å². The smallest absolute Gasteiger partial charge is 0.328 e. The first-order valence-corrected chi connectivity index (χ1v) is 6.15. The van der Waals surface area contributed by atoms with Crippen LogP contribution >= 0.6 is 0 Å². The van der Waals surface area contributed by atoms with E-state index in [0.29, 0.717) is 0 Å². The Bertz CT molecular complexity index is 463. The number of fused-ring (bicyclic) bond motifs is 1. The van der Waals surface area contributed by atoms with Crippen molar-refractivity contribution >= 4 is 5.97 Å². The van der Waals surface area contributed by atoms with Crippen LogP contribution < -0.4 is 5.32 Å². The molecule has 0 bridgehead atoms. The molecule has 1 heterocycles. The van der Waals surface area contributed by atoms with Gasteiger partial charge in [-0.15, -0.1) is 0 Å². The lowest BCUT2D eigenvalue weighted by Crippen LogP contribution is -2.39. The van der Waals surface area contributed by atoms with E-state index in [1.54, 1.807) is 12.1 Å². The molecule has 2 N–H and O–H groups in total. The minimum Gasteiger partial charge on any atom is -0.508 e. The molecule has 0 amide bonds. The summed E-state index contributed by atoms with van der Waals surface area (Å²) < 4.78 is 5.39. The lowest BCUT2D eigenvalue weighted by molar-refractivity contribution is -0.157. The zero-order valence-corrected chi connectivity index (χ0v) is 11.0. The molecule has 0 spiro atoms. The highest BCUT2D eigenvalue weighted by molar-refractivity contribution is 5.79. The van der Waals surface area contributed by atoms with Crippen LogP contribution in [0.1, 0.15) is 37.9 Å². The van der Waals surface area contributed by atoms with Crippen molar-refractivity contribution in [2.24, 2.45) is 0 Å². The Kier molecular flexibility index (Phi) is 3.30. The summed E-state index contributed by atoms with van der Waals surface area (Å²) in [6, 6.07) is 4.66. The molecule has 0 aliphatic carbocycles. The van der Waals surface area contributed by atoms with E-state index in [9.17, 15) is 9.90 Å². The van der Waals surface area contributed by atoms with Gasteiger partial charge in [0.1, 0.15) is 17.4 Å². The highest BCUT2D eigenvalue weighted by Gasteiger charge is 2.30. The molecule has 1 atom stereocenters. The highest BCUT2D eigenvalue weighted by atomic mass is 16.6. The second kappa shape index (κ2) is 4.61. The minimum atomic E-state index is -0.507. The van der Waals surface area contributed by atoms with Gasteiger partial charge in [0.2, 0.25) is 0 Å². The molecule has 0 saturated carbocycles. The maximum absolute atomic E-state index is 12.1. The number of esters is 1. The van der Waals surface area contributed by atoms with Gasteiger partial charge in [0.05, 0.1) is 0 Å². The van der Waals surface area contributed by atoms with Crippen LogP contribution in [0.4, 0.5) is 0 Å². The average Bonchev–Trinajstić information content (AvgIpc) is 2.25. The number of phenols is 1. The molecule has 1 aromatic carbocycles. The van der Waals surface area contributed by atoms with Crippen LogP contribution in [-0.2, 0) is 16.0 Å². The van der Waals surface area contributed by atoms with Crippen molar-refractivity contribution in [1.29, 1.82) is 0 Å². The fourth-order valence-corrected chi connectivity index (χ4v) is 2.11. The van der Waals surface area contributed by atoms with Crippen LogP contribution in [0.5, 0.6) is 5.75 Å². The fraction of sp³-hybridized carbons (Fsp3) is 0.500. The molecule has 1 aliphatic heterocycles. The summed E-state index contributed by atoms with van der Waals surface area (Å²) in [5, 5.41) is 12.7. The number of carbonyl (C=O) groups is 1. The van der Waals surface area contributed by atoms with Crippen molar-refractivity contribution in [3.8, 4) is 5.75 Å². The van der Waals surface area contributed by atoms with Crippen molar-refractivity contribution in [2.75, 3.05) is 6.54 Å². The Hall–Kier alpha value is -1.55. The summed E-state index contributed by atoms with van der Waals surface area (Å²) in [5.74, 6) is -0.125. The van der Waals surface area contributed by atoms with Gasteiger partial charge < -0.3 is 15.2 Å². The van der Waals surface area contributed by atoms with Crippen LogP contribution in [0.15, 0.2) is 18.2 Å². The van der Waals surface area contributed by atoms with Gasteiger partial charge in [-0.25, -0.2) is 4.79 Å². The molecule has 18 heavy (non-hydrogen) atoms. The predicted molar refractivity (Wildman–Crippen MR) is 68.4 cm³/mol. The van der Waals surface area contributed by atoms with E-state index in [0.717, 1.165) is 24.1 Å². The second-order valence-corrected chi connectivity index (χ2v) is 5.55. The molecule has 0 fully saturated rings. The molecule has 0 saturated heterocycles. The molecular weight excluding hydrogens is 230 g/mol. The van der Waals surface area contributed by atoms with Crippen LogP contribution in [0, 0.1) is 0 Å². The Balaban J connectivity index is 2.27. The second-order valence-electron chi connectivity index (χ2n) is 5.55. The van der Waals surface area contributed by atoms with E-state index in [1.165, 1.54) is 0 Å². The zero-order chi connectivity index (χ0) is 13.3. The van der Waals surface area contributed by atoms with E-state index in [2.05, 4.69) is 5.32 Å². The standard InChI is InChI=1S/C14H19NO3/c1-14(2,3)18-13(17)12-11-8-10(16)5-4-9(11)6-7-15-12/h4-5,8,12,15-16H,6-7H2,1-3H3. The third-order valence-electron chi connectivity index (χ3n) is 2.83. The lowest BCUT2D eigenvalue weighted by Gasteiger charge is -2.29. The van der Waals surface area contributed by atoms with Crippen LogP contribution in [0.25, 0.3) is 0 Å². The summed E-state index contributed by atoms with van der Waals surface area (Å²) in [6.07, 6.45) is 0.856. The third kappa shape index (κ3) is 2.82. The lowest BCUT2D eigenvalue weighted by atomic mass is 9.94. The van der Waals surface area contributed by atoms with Gasteiger partial charge >= 0.3 is 5.97 Å². The monoisotopic (exact) mass is 249 g/mol. The van der Waals surface area contributed by atoms with Gasteiger partial charge in [-0.3, -0.25) is 0 Å². The van der Waals surface area contributed by atoms with Crippen LogP contribution in [-0.4, -0.2) is 23.2 Å². The highest BCUT2D eigenvalue weighted by Crippen LogP contribution is 2.28. The first-order chi connectivity index (χ1) is 8.37. The van der Waals surface area contributed by atoms with Crippen molar-refractivity contribution < 1.29 is 14.6 Å². The Morgan fingerprint density at radius 2 is 2.17 bits per heavy atom. The number of rotatable bonds is 1. The van der Waals surface area contributed by atoms with Gasteiger partial charge in [0.15, 0.2) is 0 Å². The number of nitrogens with one attached hydrogen (secondary N) is 1. The van der Waals surface area contributed by atoms with E-state index < -0.39 is 11.6 Å². The maximum atomic E-state index is 12.1. The normalized spacial score (nSPS) is 19.2. The maximum Gasteiger partial charge on any atom is 0.328 e. The van der Waals surface area contributed by atoms with Crippen LogP contribution in [0.3, 0.4) is 0 Å². The van der Waals surface area contributed by atoms with Gasteiger partial charge in [0, 0.05) is 6.54 Å². The Morgan fingerprint density at radius 3 is 2.83 bits per heavy atom. The van der Waals surface area contributed by atoms with Crippen molar-refractivity contribution in [2.45, 2.75) is 38.8 Å². The number of phenolic OH excluding ortho intramolecular Hbond substituents is 1. The van der Waals surface area contributed by atoms with Crippen molar-refractivity contribution in [3.05, 3.63) is 29.3 Å². The Labute approximate surface area is 107 Å². The SMILES string of the molecule is CC(C)(C)OC(=O)C1NCCc2ccc(O)cc21. The summed E-state index contributed by atoms with van der Waals surface area (Å²) in [6.45, 7) is 6.27. The molecule has 4 nitrogen and oxygen atoms in total. The molecule has 4 heteroatoms. The van der Waals surface area contributed by atoms with E-state index in [-0.39, 0.29) is 11.7 Å². The van der Waals surface area contributed by atoms with Gasteiger partial charge in [0.25, 0.3) is 0 Å². The van der Waals surface area contributed by atoms with Crippen LogP contribution in [0.2, 0.25) is 0 Å². The van der Waals surface area contributed by atoms with Crippen molar-refractivity contribution in [3.63, 3.8) is 0 Å². The minimum absolute atomic E-state index is 0.172. The molecule has 98 valence electrons. The van der Waals surface area contributed by atoms with Crippen molar-refractivity contribution in [1.82, 2.24) is 5.32 Å². The van der Waals surface area contributed by atoms with Gasteiger partial charge in [-0.05, 0) is 50.5 Å². The number of benzene rings is 1. The third-order valence-corrected chi connectivity index (χ3v) is 2.83. The predicted octanol–water partition coefficient (Wildman–Crippen LogP) is 1.92. The van der Waals surface area contributed by atoms with Gasteiger partial charge in [-0.2, -0.15) is 0 Å². The van der Waals surface area contributed by atoms with E-state index in [4.69, 9.17) is 4.74 Å². The fourth-order valence-electron chi connectivity index (χ4n) is 2.11. The summed E-state index contributed by atoms with van der Waals surface area (Å²) in [4.78, 5) is 12.1. The molecule has 0 radical (unpaired) electrons. The van der Waals surface area contributed by atoms with E-state index in [1.807, 2.05) is 26.8 Å².